The largest absolute Gasteiger partial charge is 0.548 e. The lowest BCUT2D eigenvalue weighted by Gasteiger charge is -2.26. The highest BCUT2D eigenvalue weighted by molar-refractivity contribution is 5.84. The Morgan fingerprint density at radius 1 is 0.684 bits per heavy atom. The molecule has 0 saturated carbocycles. The number of Topliss-reactive ketones (excluding diaryl/α,β-unsaturated/α-hetero) is 1. The number of ketones is 1. The standard InChI is InChI=1S/C23H26N2O9.2C2H6/c1-16(26)12-24(13-21(27)28)17-6-2-4-8-19(17)33-10-11-34-20-9-5-3-7-18(20)25(14-22(29)30)15-23(31)32;2*1-2/h2-9H,10-15H2,1H3,(H,27,28)(H,29,30)(H,31,32);2*1-2H3/p-1. The number of para-hydroxylation sites is 4. The maximum absolute atomic E-state index is 11.6. The second-order valence-electron chi connectivity index (χ2n) is 7.21. The SMILES string of the molecule is CC.CC.CC(=O)CN(CC(=O)O)c1ccccc1OCCOc1ccccc1N(CC(=O)[O-])CC(=O)O. The Kier molecular flexibility index (Phi) is 16.8. The van der Waals surface area contributed by atoms with Gasteiger partial charge in [0.15, 0.2) is 0 Å². The van der Waals surface area contributed by atoms with Crippen molar-refractivity contribution in [2.45, 2.75) is 34.6 Å². The summed E-state index contributed by atoms with van der Waals surface area (Å²) in [6.45, 7) is 7.72. The number of ether oxygens (including phenoxy) is 2. The maximum Gasteiger partial charge on any atom is 0.323 e. The van der Waals surface area contributed by atoms with Gasteiger partial charge in [-0.25, -0.2) is 0 Å². The second-order valence-corrected chi connectivity index (χ2v) is 7.21. The monoisotopic (exact) mass is 533 g/mol. The topological polar surface area (TPSA) is 157 Å². The third-order valence-corrected chi connectivity index (χ3v) is 4.40. The third kappa shape index (κ3) is 12.6. The summed E-state index contributed by atoms with van der Waals surface area (Å²) in [6.07, 6.45) is 0. The Morgan fingerprint density at radius 2 is 1.05 bits per heavy atom. The van der Waals surface area contributed by atoms with E-state index in [1.807, 2.05) is 27.7 Å². The first-order chi connectivity index (χ1) is 18.2. The highest BCUT2D eigenvalue weighted by Crippen LogP contribution is 2.29. The molecule has 0 bridgehead atoms. The van der Waals surface area contributed by atoms with Crippen LogP contribution in [0.1, 0.15) is 34.6 Å². The van der Waals surface area contributed by atoms with Crippen molar-refractivity contribution in [3.63, 3.8) is 0 Å². The van der Waals surface area contributed by atoms with Gasteiger partial charge in [-0.1, -0.05) is 52.0 Å². The van der Waals surface area contributed by atoms with Gasteiger partial charge in [0.2, 0.25) is 0 Å². The van der Waals surface area contributed by atoms with Crippen LogP contribution in [0.5, 0.6) is 11.5 Å². The zero-order valence-corrected chi connectivity index (χ0v) is 22.5. The van der Waals surface area contributed by atoms with Gasteiger partial charge in [0.05, 0.1) is 30.4 Å². The maximum atomic E-state index is 11.6. The van der Waals surface area contributed by atoms with E-state index in [2.05, 4.69) is 0 Å². The molecular weight excluding hydrogens is 496 g/mol. The predicted octanol–water partition coefficient (Wildman–Crippen LogP) is 2.32. The zero-order chi connectivity index (χ0) is 29.1. The molecule has 2 aromatic carbocycles. The van der Waals surface area contributed by atoms with Crippen LogP contribution < -0.4 is 24.4 Å². The van der Waals surface area contributed by atoms with E-state index in [4.69, 9.17) is 14.6 Å². The van der Waals surface area contributed by atoms with Crippen LogP contribution >= 0.6 is 0 Å². The molecule has 2 N–H and O–H groups in total. The molecule has 2 aromatic rings. The van der Waals surface area contributed by atoms with Gasteiger partial charge in [-0.15, -0.1) is 0 Å². The minimum absolute atomic E-state index is 0.0171. The van der Waals surface area contributed by atoms with Crippen LogP contribution in [0.25, 0.3) is 0 Å². The molecule has 0 saturated heterocycles. The van der Waals surface area contributed by atoms with Gasteiger partial charge in [-0.3, -0.25) is 14.4 Å². The zero-order valence-electron chi connectivity index (χ0n) is 22.5. The van der Waals surface area contributed by atoms with Crippen molar-refractivity contribution in [3.8, 4) is 11.5 Å². The summed E-state index contributed by atoms with van der Waals surface area (Å²) in [7, 11) is 0. The molecule has 38 heavy (non-hydrogen) atoms. The number of carboxylic acid groups (broad SMARTS) is 3. The molecule has 0 aliphatic carbocycles. The van der Waals surface area contributed by atoms with E-state index in [0.29, 0.717) is 11.4 Å². The van der Waals surface area contributed by atoms with E-state index >= 15 is 0 Å². The van der Waals surface area contributed by atoms with Crippen LogP contribution in [-0.2, 0) is 19.2 Å². The van der Waals surface area contributed by atoms with E-state index in [1.165, 1.54) is 17.9 Å². The Balaban J connectivity index is 0.00000326. The van der Waals surface area contributed by atoms with Crippen molar-refractivity contribution in [2.75, 3.05) is 49.2 Å². The van der Waals surface area contributed by atoms with Gasteiger partial charge in [0, 0.05) is 0 Å². The van der Waals surface area contributed by atoms with Crippen LogP contribution in [-0.4, -0.2) is 73.3 Å². The number of rotatable bonds is 15. The first-order valence-corrected chi connectivity index (χ1v) is 12.2. The summed E-state index contributed by atoms with van der Waals surface area (Å²) < 4.78 is 11.4. The Hall–Kier alpha value is -4.28. The average Bonchev–Trinajstić information content (AvgIpc) is 2.87. The average molecular weight is 534 g/mol. The molecule has 0 atom stereocenters. The molecule has 0 aromatic heterocycles. The summed E-state index contributed by atoms with van der Waals surface area (Å²) in [6, 6.07) is 13.0. The van der Waals surface area contributed by atoms with E-state index in [-0.39, 0.29) is 43.5 Å². The van der Waals surface area contributed by atoms with Gasteiger partial charge in [-0.05, 0) is 31.2 Å². The van der Waals surface area contributed by atoms with Crippen molar-refractivity contribution in [1.82, 2.24) is 0 Å². The number of carbonyl (C=O) groups is 4. The van der Waals surface area contributed by atoms with Crippen molar-refractivity contribution >= 4 is 35.1 Å². The molecule has 11 heteroatoms. The molecule has 0 aliphatic rings. The molecule has 210 valence electrons. The number of nitrogens with zero attached hydrogens (tertiary/aromatic N) is 2. The van der Waals surface area contributed by atoms with Gasteiger partial charge in [-0.2, -0.15) is 0 Å². The second kappa shape index (κ2) is 18.9. The first-order valence-electron chi connectivity index (χ1n) is 12.2. The van der Waals surface area contributed by atoms with Crippen LogP contribution in [0.3, 0.4) is 0 Å². The number of benzene rings is 2. The van der Waals surface area contributed by atoms with Gasteiger partial charge >= 0.3 is 11.9 Å². The Labute approximate surface area is 223 Å². The number of aliphatic carboxylic acids is 3. The van der Waals surface area contributed by atoms with E-state index in [1.54, 1.807) is 42.5 Å². The third-order valence-electron chi connectivity index (χ3n) is 4.40. The van der Waals surface area contributed by atoms with Crippen LogP contribution in [0.2, 0.25) is 0 Å². The molecule has 0 radical (unpaired) electrons. The minimum Gasteiger partial charge on any atom is -0.548 e. The molecule has 0 unspecified atom stereocenters. The van der Waals surface area contributed by atoms with Crippen molar-refractivity contribution in [3.05, 3.63) is 48.5 Å². The molecule has 0 amide bonds. The van der Waals surface area contributed by atoms with Crippen molar-refractivity contribution < 1.29 is 44.0 Å². The number of anilines is 2. The summed E-state index contributed by atoms with van der Waals surface area (Å²) in [4.78, 5) is 47.5. The summed E-state index contributed by atoms with van der Waals surface area (Å²) in [5, 5.41) is 29.3. The lowest BCUT2D eigenvalue weighted by atomic mass is 10.2. The fourth-order valence-corrected chi connectivity index (χ4v) is 3.19. The van der Waals surface area contributed by atoms with E-state index < -0.39 is 31.0 Å². The lowest BCUT2D eigenvalue weighted by molar-refractivity contribution is -0.303. The number of hydrogen-bond acceptors (Lipinski definition) is 9. The van der Waals surface area contributed by atoms with Gasteiger partial charge in [0.25, 0.3) is 0 Å². The molecular formula is C27H37N2O9-. The number of carbonyl (C=O) groups excluding carboxylic acids is 2. The molecule has 0 spiro atoms. The first kappa shape index (κ1) is 33.7. The highest BCUT2D eigenvalue weighted by Gasteiger charge is 2.18. The quantitative estimate of drug-likeness (QED) is 0.324. The van der Waals surface area contributed by atoms with Crippen LogP contribution in [0.15, 0.2) is 48.5 Å². The van der Waals surface area contributed by atoms with Crippen molar-refractivity contribution in [2.24, 2.45) is 0 Å². The van der Waals surface area contributed by atoms with Gasteiger partial charge in [0.1, 0.15) is 43.6 Å². The fraction of sp³-hybridized carbons (Fsp3) is 0.407. The molecule has 11 nitrogen and oxygen atoms in total. The smallest absolute Gasteiger partial charge is 0.323 e. The molecule has 0 fully saturated rings. The molecule has 0 aliphatic heterocycles. The Morgan fingerprint density at radius 3 is 1.39 bits per heavy atom. The summed E-state index contributed by atoms with van der Waals surface area (Å²) >= 11 is 0. The van der Waals surface area contributed by atoms with Crippen LogP contribution in [0.4, 0.5) is 11.4 Å². The predicted molar refractivity (Wildman–Crippen MR) is 142 cm³/mol. The van der Waals surface area contributed by atoms with Gasteiger partial charge < -0.3 is 39.4 Å². The van der Waals surface area contributed by atoms with Crippen molar-refractivity contribution in [1.29, 1.82) is 0 Å². The Bertz CT molecular complexity index is 914. The van der Waals surface area contributed by atoms with E-state index in [0.717, 1.165) is 4.90 Å². The summed E-state index contributed by atoms with van der Waals surface area (Å²) in [5.41, 5.74) is 0.700. The normalized spacial score (nSPS) is 9.50. The number of carboxylic acids is 3. The fourth-order valence-electron chi connectivity index (χ4n) is 3.19. The highest BCUT2D eigenvalue weighted by atomic mass is 16.5. The summed E-state index contributed by atoms with van der Waals surface area (Å²) in [5.74, 6) is -3.35. The number of hydrogen-bond donors (Lipinski definition) is 2. The lowest BCUT2D eigenvalue weighted by Crippen LogP contribution is -2.41. The van der Waals surface area contributed by atoms with E-state index in [9.17, 15) is 29.4 Å². The van der Waals surface area contributed by atoms with Crippen LogP contribution in [0, 0.1) is 0 Å². The molecule has 0 heterocycles. The minimum atomic E-state index is -1.44. The molecule has 2 rings (SSSR count).